The third-order valence-corrected chi connectivity index (χ3v) is 7.11. The summed E-state index contributed by atoms with van der Waals surface area (Å²) in [4.78, 5) is 29.1. The van der Waals surface area contributed by atoms with Crippen molar-refractivity contribution in [3.05, 3.63) is 23.8 Å². The number of benzene rings is 1. The predicted molar refractivity (Wildman–Crippen MR) is 131 cm³/mol. The lowest BCUT2D eigenvalue weighted by Gasteiger charge is -2.38. The molecule has 0 saturated heterocycles. The van der Waals surface area contributed by atoms with E-state index in [1.54, 1.807) is 37.3 Å². The second kappa shape index (κ2) is 11.8. The minimum absolute atomic E-state index is 0.0533. The molecule has 0 aromatic heterocycles. The van der Waals surface area contributed by atoms with E-state index >= 15 is 0 Å². The van der Waals surface area contributed by atoms with Crippen molar-refractivity contribution < 1.29 is 19.1 Å². The molecule has 0 radical (unpaired) electrons. The summed E-state index contributed by atoms with van der Waals surface area (Å²) in [5.41, 5.74) is 1.12. The fourth-order valence-corrected chi connectivity index (χ4v) is 5.08. The lowest BCUT2D eigenvalue weighted by Crippen LogP contribution is -2.48. The molecule has 1 fully saturated rings. The first-order chi connectivity index (χ1) is 15.8. The van der Waals surface area contributed by atoms with Gasteiger partial charge in [0.05, 0.1) is 11.7 Å². The molecular formula is C26H41N3O4. The van der Waals surface area contributed by atoms with Gasteiger partial charge in [-0.1, -0.05) is 26.2 Å². The zero-order chi connectivity index (χ0) is 24.0. The van der Waals surface area contributed by atoms with E-state index in [0.29, 0.717) is 30.2 Å². The van der Waals surface area contributed by atoms with Gasteiger partial charge in [0.1, 0.15) is 12.4 Å². The molecule has 3 atom stereocenters. The van der Waals surface area contributed by atoms with E-state index < -0.39 is 0 Å². The summed E-state index contributed by atoms with van der Waals surface area (Å²) in [7, 11) is 3.54. The molecule has 3 rings (SSSR count). The monoisotopic (exact) mass is 459 g/mol. The number of carbonyl (C=O) groups excluding carboxylic acids is 2. The van der Waals surface area contributed by atoms with Crippen molar-refractivity contribution in [3.63, 3.8) is 0 Å². The normalized spacial score (nSPS) is 26.0. The van der Waals surface area contributed by atoms with Crippen molar-refractivity contribution in [2.24, 2.45) is 11.8 Å². The van der Waals surface area contributed by atoms with Crippen LogP contribution < -0.4 is 10.1 Å². The van der Waals surface area contributed by atoms with Gasteiger partial charge >= 0.3 is 0 Å². The number of rotatable bonds is 4. The minimum atomic E-state index is -0.157. The molecule has 2 amide bonds. The van der Waals surface area contributed by atoms with E-state index in [9.17, 15) is 9.59 Å². The SMILES string of the molecule is CO[C@@H]1CN(C)C(=O)c2ccc(NC(C)=O)cc2OC[C@H](C)N(CC2CCCCC2)C[C@@H]1C. The predicted octanol–water partition coefficient (Wildman–Crippen LogP) is 4.03. The summed E-state index contributed by atoms with van der Waals surface area (Å²) in [6.45, 7) is 8.84. The van der Waals surface area contributed by atoms with E-state index in [4.69, 9.17) is 9.47 Å². The van der Waals surface area contributed by atoms with Gasteiger partial charge in [0.2, 0.25) is 5.91 Å². The molecule has 1 aromatic rings. The van der Waals surface area contributed by atoms with Crippen LogP contribution in [0, 0.1) is 11.8 Å². The highest BCUT2D eigenvalue weighted by Gasteiger charge is 2.29. The highest BCUT2D eigenvalue weighted by molar-refractivity contribution is 5.98. The average Bonchev–Trinajstić information content (AvgIpc) is 2.79. The van der Waals surface area contributed by atoms with Crippen LogP contribution in [0.5, 0.6) is 5.75 Å². The van der Waals surface area contributed by atoms with Crippen LogP contribution in [0.2, 0.25) is 0 Å². The summed E-state index contributed by atoms with van der Waals surface area (Å²) >= 11 is 0. The molecule has 2 aliphatic rings. The van der Waals surface area contributed by atoms with Gasteiger partial charge in [0.25, 0.3) is 5.91 Å². The standard InChI is InChI=1S/C26H41N3O4/c1-18-14-29(15-21-9-7-6-8-10-21)19(2)17-33-24-13-22(27-20(3)30)11-12-23(24)26(31)28(4)16-25(18)32-5/h11-13,18-19,21,25H,6-10,14-17H2,1-5H3,(H,27,30)/t18-,19-,25+/m0/s1. The Morgan fingerprint density at radius 2 is 1.91 bits per heavy atom. The van der Waals surface area contributed by atoms with E-state index in [-0.39, 0.29) is 29.9 Å². The summed E-state index contributed by atoms with van der Waals surface area (Å²) in [6.07, 6.45) is 6.55. The van der Waals surface area contributed by atoms with Gasteiger partial charge in [0.15, 0.2) is 0 Å². The van der Waals surface area contributed by atoms with Crippen molar-refractivity contribution in [1.82, 2.24) is 9.80 Å². The summed E-state index contributed by atoms with van der Waals surface area (Å²) < 4.78 is 12.1. The molecule has 0 unspecified atom stereocenters. The van der Waals surface area contributed by atoms with Gasteiger partial charge in [-0.25, -0.2) is 0 Å². The van der Waals surface area contributed by atoms with Crippen molar-refractivity contribution in [2.75, 3.05) is 45.7 Å². The quantitative estimate of drug-likeness (QED) is 0.736. The Labute approximate surface area is 198 Å². The Kier molecular flexibility index (Phi) is 9.15. The second-order valence-electron chi connectivity index (χ2n) is 9.95. The highest BCUT2D eigenvalue weighted by atomic mass is 16.5. The minimum Gasteiger partial charge on any atom is -0.491 e. The molecule has 1 N–H and O–H groups in total. The van der Waals surface area contributed by atoms with Crippen LogP contribution in [0.1, 0.15) is 63.2 Å². The van der Waals surface area contributed by atoms with Crippen molar-refractivity contribution in [1.29, 1.82) is 0 Å². The first-order valence-electron chi connectivity index (χ1n) is 12.3. The van der Waals surface area contributed by atoms with Crippen LogP contribution in [0.3, 0.4) is 0 Å². The van der Waals surface area contributed by atoms with Crippen LogP contribution in [0.4, 0.5) is 5.69 Å². The van der Waals surface area contributed by atoms with Gasteiger partial charge in [-0.3, -0.25) is 14.5 Å². The van der Waals surface area contributed by atoms with Crippen molar-refractivity contribution in [3.8, 4) is 5.75 Å². The lowest BCUT2D eigenvalue weighted by atomic mass is 9.88. The van der Waals surface area contributed by atoms with Gasteiger partial charge < -0.3 is 19.7 Å². The Bertz CT molecular complexity index is 809. The molecule has 1 aromatic carbocycles. The van der Waals surface area contributed by atoms with E-state index in [1.165, 1.54) is 39.0 Å². The zero-order valence-electron chi connectivity index (χ0n) is 20.9. The molecule has 184 valence electrons. The van der Waals surface area contributed by atoms with Crippen LogP contribution in [-0.2, 0) is 9.53 Å². The second-order valence-corrected chi connectivity index (χ2v) is 9.95. The van der Waals surface area contributed by atoms with Crippen LogP contribution >= 0.6 is 0 Å². The molecule has 1 saturated carbocycles. The molecule has 1 heterocycles. The number of ether oxygens (including phenoxy) is 2. The number of nitrogens with zero attached hydrogens (tertiary/aromatic N) is 2. The Morgan fingerprint density at radius 1 is 1.18 bits per heavy atom. The average molecular weight is 460 g/mol. The van der Waals surface area contributed by atoms with Crippen molar-refractivity contribution >= 4 is 17.5 Å². The third kappa shape index (κ3) is 6.93. The first-order valence-corrected chi connectivity index (χ1v) is 12.3. The van der Waals surface area contributed by atoms with Gasteiger partial charge in [-0.05, 0) is 43.7 Å². The smallest absolute Gasteiger partial charge is 0.257 e. The number of methoxy groups -OCH3 is 1. The molecule has 0 bridgehead atoms. The summed E-state index contributed by atoms with van der Waals surface area (Å²) in [5.74, 6) is 1.24. The Morgan fingerprint density at radius 3 is 2.58 bits per heavy atom. The van der Waals surface area contributed by atoms with Crippen molar-refractivity contribution in [2.45, 2.75) is 65.0 Å². The summed E-state index contributed by atoms with van der Waals surface area (Å²) in [5, 5.41) is 2.79. The van der Waals surface area contributed by atoms with Gasteiger partial charge in [0, 0.05) is 58.5 Å². The molecule has 7 nitrogen and oxygen atoms in total. The van der Waals surface area contributed by atoms with E-state index in [0.717, 1.165) is 19.0 Å². The maximum absolute atomic E-state index is 13.3. The Balaban J connectivity index is 1.89. The van der Waals surface area contributed by atoms with Crippen LogP contribution in [0.15, 0.2) is 18.2 Å². The topological polar surface area (TPSA) is 71.1 Å². The molecular weight excluding hydrogens is 418 g/mol. The Hall–Kier alpha value is -2.12. The summed E-state index contributed by atoms with van der Waals surface area (Å²) in [6, 6.07) is 5.43. The number of carbonyl (C=O) groups is 2. The van der Waals surface area contributed by atoms with Gasteiger partial charge in [-0.15, -0.1) is 0 Å². The number of likely N-dealkylation sites (N-methyl/N-ethyl adjacent to an activating group) is 1. The third-order valence-electron chi connectivity index (χ3n) is 7.11. The van der Waals surface area contributed by atoms with E-state index in [1.807, 2.05) is 0 Å². The van der Waals surface area contributed by atoms with E-state index in [2.05, 4.69) is 24.1 Å². The van der Waals surface area contributed by atoms with Crippen LogP contribution in [-0.4, -0.2) is 74.2 Å². The fourth-order valence-electron chi connectivity index (χ4n) is 5.08. The molecule has 1 aliphatic heterocycles. The number of amides is 2. The maximum Gasteiger partial charge on any atom is 0.257 e. The number of fused-ring (bicyclic) bond motifs is 1. The molecule has 0 spiro atoms. The van der Waals surface area contributed by atoms with Crippen LogP contribution in [0.25, 0.3) is 0 Å². The molecule has 1 aliphatic carbocycles. The highest BCUT2D eigenvalue weighted by Crippen LogP contribution is 2.29. The molecule has 33 heavy (non-hydrogen) atoms. The number of nitrogens with one attached hydrogen (secondary N) is 1. The zero-order valence-corrected chi connectivity index (χ0v) is 20.9. The maximum atomic E-state index is 13.3. The lowest BCUT2D eigenvalue weighted by molar-refractivity contribution is -0.114. The largest absolute Gasteiger partial charge is 0.491 e. The fraction of sp³-hybridized carbons (Fsp3) is 0.692. The molecule has 7 heteroatoms. The first kappa shape index (κ1) is 25.5. The number of hydrogen-bond acceptors (Lipinski definition) is 5. The van der Waals surface area contributed by atoms with Gasteiger partial charge in [-0.2, -0.15) is 0 Å². The number of hydrogen-bond donors (Lipinski definition) is 1. The number of anilines is 1.